The minimum atomic E-state index is 0.771. The van der Waals surface area contributed by atoms with E-state index in [1.54, 1.807) is 0 Å². The van der Waals surface area contributed by atoms with Crippen molar-refractivity contribution in [2.24, 2.45) is 0 Å². The Balaban J connectivity index is 2.00. The van der Waals surface area contributed by atoms with Gasteiger partial charge in [-0.15, -0.1) is 0 Å². The maximum Gasteiger partial charge on any atom is 0.126 e. The van der Waals surface area contributed by atoms with Gasteiger partial charge in [-0.25, -0.2) is 4.98 Å². The highest BCUT2D eigenvalue weighted by Crippen LogP contribution is 2.35. The number of hydrogen-bond acceptors (Lipinski definition) is 3. The van der Waals surface area contributed by atoms with Crippen molar-refractivity contribution in [3.8, 4) is 21.8 Å². The van der Waals surface area contributed by atoms with E-state index in [0.29, 0.717) is 0 Å². The third kappa shape index (κ3) is 2.45. The fourth-order valence-corrected chi connectivity index (χ4v) is 3.00. The van der Waals surface area contributed by atoms with Gasteiger partial charge in [-0.1, -0.05) is 72.9 Å². The van der Waals surface area contributed by atoms with Gasteiger partial charge in [0.2, 0.25) is 0 Å². The van der Waals surface area contributed by atoms with E-state index in [1.165, 1.54) is 16.9 Å². The highest BCUT2D eigenvalue weighted by Gasteiger charge is 2.11. The summed E-state index contributed by atoms with van der Waals surface area (Å²) in [7, 11) is 0. The number of hydrogen-bond donors (Lipinski definition) is 1. The van der Waals surface area contributed by atoms with Crippen LogP contribution in [0.3, 0.4) is 0 Å². The Morgan fingerprint density at radius 2 is 1.65 bits per heavy atom. The lowest BCUT2D eigenvalue weighted by Crippen LogP contribution is -1.87. The van der Waals surface area contributed by atoms with Crippen molar-refractivity contribution in [2.75, 3.05) is 5.73 Å². The molecule has 0 unspecified atom stereocenters. The Hall–Kier alpha value is -2.13. The minimum Gasteiger partial charge on any atom is -0.389 e. The number of nitrogen functional groups attached to an aromatic ring is 1. The molecular weight excluding hydrogens is 264 g/mol. The Kier molecular flexibility index (Phi) is 3.52. The lowest BCUT2D eigenvalue weighted by atomic mass is 10.1. The molecule has 2 nitrogen and oxygen atoms in total. The Morgan fingerprint density at radius 1 is 0.950 bits per heavy atom. The van der Waals surface area contributed by atoms with Gasteiger partial charge in [-0.3, -0.25) is 0 Å². The minimum absolute atomic E-state index is 0.771. The van der Waals surface area contributed by atoms with E-state index in [9.17, 15) is 0 Å². The zero-order chi connectivity index (χ0) is 13.9. The van der Waals surface area contributed by atoms with Crippen LogP contribution in [0.25, 0.3) is 21.8 Å². The second-order valence-corrected chi connectivity index (χ2v) is 5.68. The van der Waals surface area contributed by atoms with Gasteiger partial charge >= 0.3 is 0 Å². The number of rotatable bonds is 3. The molecule has 0 atom stereocenters. The zero-order valence-electron chi connectivity index (χ0n) is 11.3. The summed E-state index contributed by atoms with van der Waals surface area (Å²) in [5, 5.41) is 1.74. The van der Waals surface area contributed by atoms with Crippen LogP contribution in [-0.4, -0.2) is 4.98 Å². The molecule has 20 heavy (non-hydrogen) atoms. The molecular formula is C17H16N2S. The molecule has 0 bridgehead atoms. The molecule has 1 heterocycles. The second-order valence-electron chi connectivity index (χ2n) is 4.65. The molecule has 0 amide bonds. The number of thiazole rings is 1. The lowest BCUT2D eigenvalue weighted by molar-refractivity contribution is 1.14. The SMILES string of the molecule is CCc1ccc(-c2nc(-c3ccccc3)sc2N)cc1. The van der Waals surface area contributed by atoms with Crippen LogP contribution >= 0.6 is 11.3 Å². The number of nitrogens with zero attached hydrogens (tertiary/aromatic N) is 1. The fraction of sp³-hybridized carbons (Fsp3) is 0.118. The molecule has 0 aliphatic heterocycles. The van der Waals surface area contributed by atoms with Crippen molar-refractivity contribution in [3.05, 3.63) is 60.2 Å². The predicted octanol–water partition coefficient (Wildman–Crippen LogP) is 4.62. The van der Waals surface area contributed by atoms with Crippen LogP contribution in [0.1, 0.15) is 12.5 Å². The molecule has 0 saturated carbocycles. The van der Waals surface area contributed by atoms with Crippen molar-refractivity contribution < 1.29 is 0 Å². The summed E-state index contributed by atoms with van der Waals surface area (Å²) in [6.07, 6.45) is 1.04. The third-order valence-corrected chi connectivity index (χ3v) is 4.24. The molecule has 3 aromatic rings. The summed E-state index contributed by atoms with van der Waals surface area (Å²) in [5.41, 5.74) is 10.5. The Bertz CT molecular complexity index is 700. The molecule has 3 heteroatoms. The van der Waals surface area contributed by atoms with Gasteiger partial charge in [-0.2, -0.15) is 0 Å². The molecule has 100 valence electrons. The maximum absolute atomic E-state index is 6.14. The van der Waals surface area contributed by atoms with Gasteiger partial charge in [0.25, 0.3) is 0 Å². The van der Waals surface area contributed by atoms with Crippen molar-refractivity contribution in [3.63, 3.8) is 0 Å². The highest BCUT2D eigenvalue weighted by molar-refractivity contribution is 7.19. The quantitative estimate of drug-likeness (QED) is 0.760. The topological polar surface area (TPSA) is 38.9 Å². The number of benzene rings is 2. The molecule has 0 aliphatic rings. The van der Waals surface area contributed by atoms with Crippen LogP contribution in [0, 0.1) is 0 Å². The molecule has 0 fully saturated rings. The third-order valence-electron chi connectivity index (χ3n) is 3.31. The van der Waals surface area contributed by atoms with Crippen LogP contribution in [0.15, 0.2) is 54.6 Å². The summed E-state index contributed by atoms with van der Waals surface area (Å²) in [6, 6.07) is 18.6. The van der Waals surface area contributed by atoms with Gasteiger partial charge < -0.3 is 5.73 Å². The fourth-order valence-electron chi connectivity index (χ4n) is 2.14. The van der Waals surface area contributed by atoms with Crippen LogP contribution in [-0.2, 0) is 6.42 Å². The summed E-state index contributed by atoms with van der Waals surface area (Å²) >= 11 is 1.54. The van der Waals surface area contributed by atoms with Crippen LogP contribution in [0.2, 0.25) is 0 Å². The molecule has 3 rings (SSSR count). The molecule has 0 aliphatic carbocycles. The molecule has 0 saturated heterocycles. The number of anilines is 1. The largest absolute Gasteiger partial charge is 0.389 e. The monoisotopic (exact) mass is 280 g/mol. The van der Waals surface area contributed by atoms with E-state index in [1.807, 2.05) is 18.2 Å². The highest BCUT2D eigenvalue weighted by atomic mass is 32.1. The van der Waals surface area contributed by atoms with Gasteiger partial charge in [-0.05, 0) is 12.0 Å². The lowest BCUT2D eigenvalue weighted by Gasteiger charge is -2.00. The van der Waals surface area contributed by atoms with Crippen molar-refractivity contribution in [1.29, 1.82) is 0 Å². The molecule has 0 spiro atoms. The van der Waals surface area contributed by atoms with Crippen LogP contribution in [0.5, 0.6) is 0 Å². The molecule has 2 aromatic carbocycles. The summed E-state index contributed by atoms with van der Waals surface area (Å²) in [5.74, 6) is 0. The van der Waals surface area contributed by atoms with E-state index < -0.39 is 0 Å². The Morgan fingerprint density at radius 3 is 2.30 bits per heavy atom. The molecule has 0 radical (unpaired) electrons. The number of aromatic nitrogens is 1. The smallest absolute Gasteiger partial charge is 0.126 e. The van der Waals surface area contributed by atoms with E-state index in [2.05, 4.69) is 43.3 Å². The number of nitrogens with two attached hydrogens (primary N) is 1. The van der Waals surface area contributed by atoms with Gasteiger partial charge in [0.1, 0.15) is 15.7 Å². The summed E-state index contributed by atoms with van der Waals surface area (Å²) in [6.45, 7) is 2.15. The summed E-state index contributed by atoms with van der Waals surface area (Å²) in [4.78, 5) is 4.70. The van der Waals surface area contributed by atoms with E-state index in [4.69, 9.17) is 10.7 Å². The second kappa shape index (κ2) is 5.47. The molecule has 2 N–H and O–H groups in total. The first kappa shape index (κ1) is 12.9. The predicted molar refractivity (Wildman–Crippen MR) is 86.8 cm³/mol. The average molecular weight is 280 g/mol. The molecule has 1 aromatic heterocycles. The number of aryl methyl sites for hydroxylation is 1. The van der Waals surface area contributed by atoms with Gasteiger partial charge in [0, 0.05) is 11.1 Å². The van der Waals surface area contributed by atoms with Crippen molar-refractivity contribution in [1.82, 2.24) is 4.98 Å². The average Bonchev–Trinajstić information content (AvgIpc) is 2.90. The van der Waals surface area contributed by atoms with E-state index >= 15 is 0 Å². The van der Waals surface area contributed by atoms with Gasteiger partial charge in [0.05, 0.1) is 0 Å². The summed E-state index contributed by atoms with van der Waals surface area (Å²) < 4.78 is 0. The van der Waals surface area contributed by atoms with Crippen LogP contribution < -0.4 is 5.73 Å². The Labute approximate surface area is 122 Å². The van der Waals surface area contributed by atoms with Crippen molar-refractivity contribution >= 4 is 16.3 Å². The zero-order valence-corrected chi connectivity index (χ0v) is 12.2. The standard InChI is InChI=1S/C17H16N2S/c1-2-12-8-10-13(11-9-12)15-16(18)20-17(19-15)14-6-4-3-5-7-14/h3-11H,2,18H2,1H3. The van der Waals surface area contributed by atoms with Gasteiger partial charge in [0.15, 0.2) is 0 Å². The first-order valence-electron chi connectivity index (χ1n) is 6.69. The van der Waals surface area contributed by atoms with Crippen LogP contribution in [0.4, 0.5) is 5.00 Å². The van der Waals surface area contributed by atoms with Crippen molar-refractivity contribution in [2.45, 2.75) is 13.3 Å². The normalized spacial score (nSPS) is 10.7. The first-order chi connectivity index (χ1) is 9.78. The van der Waals surface area contributed by atoms with E-state index in [-0.39, 0.29) is 0 Å². The van der Waals surface area contributed by atoms with E-state index in [0.717, 1.165) is 33.3 Å². The first-order valence-corrected chi connectivity index (χ1v) is 7.50. The maximum atomic E-state index is 6.14.